The van der Waals surface area contributed by atoms with Crippen molar-refractivity contribution in [3.05, 3.63) is 21.9 Å². The van der Waals surface area contributed by atoms with Gasteiger partial charge in [-0.3, -0.25) is 0 Å². The van der Waals surface area contributed by atoms with Crippen molar-refractivity contribution in [1.82, 2.24) is 0 Å². The van der Waals surface area contributed by atoms with E-state index in [0.717, 1.165) is 23.3 Å². The van der Waals surface area contributed by atoms with E-state index in [1.165, 1.54) is 56.3 Å². The predicted molar refractivity (Wildman–Crippen MR) is 106 cm³/mol. The van der Waals surface area contributed by atoms with Crippen molar-refractivity contribution in [3.8, 4) is 11.8 Å². The molecular weight excluding hydrogens is 342 g/mol. The van der Waals surface area contributed by atoms with Gasteiger partial charge in [0.2, 0.25) is 0 Å². The van der Waals surface area contributed by atoms with Crippen molar-refractivity contribution in [2.24, 2.45) is 5.73 Å². The van der Waals surface area contributed by atoms with E-state index in [1.54, 1.807) is 0 Å². The molecule has 138 valence electrons. The van der Waals surface area contributed by atoms with Crippen molar-refractivity contribution in [2.45, 2.75) is 76.9 Å². The van der Waals surface area contributed by atoms with Crippen LogP contribution in [0.1, 0.15) is 81.3 Å². The molecule has 5 heteroatoms. The Kier molecular flexibility index (Phi) is 14.4. The minimum Gasteiger partial charge on any atom is -0.395 e. The van der Waals surface area contributed by atoms with Crippen LogP contribution >= 0.6 is 23.7 Å². The normalized spacial score (nSPS) is 12.8. The van der Waals surface area contributed by atoms with Gasteiger partial charge < -0.3 is 15.9 Å². The Morgan fingerprint density at radius 3 is 2.38 bits per heavy atom. The summed E-state index contributed by atoms with van der Waals surface area (Å²) in [6, 6.07) is 1.23. The molecule has 0 saturated heterocycles. The molecule has 1 aromatic heterocycles. The van der Waals surface area contributed by atoms with Crippen molar-refractivity contribution >= 4 is 23.7 Å². The Labute approximate surface area is 157 Å². The summed E-state index contributed by atoms with van der Waals surface area (Å²) in [6.45, 7) is 2.02. The third-order valence-corrected chi connectivity index (χ3v) is 4.92. The van der Waals surface area contributed by atoms with Crippen LogP contribution in [0, 0.1) is 11.8 Å². The van der Waals surface area contributed by atoms with E-state index in [9.17, 15) is 5.11 Å². The van der Waals surface area contributed by atoms with E-state index in [4.69, 9.17) is 10.8 Å². The lowest BCUT2D eigenvalue weighted by Gasteiger charge is -2.14. The molecule has 0 aliphatic carbocycles. The fraction of sp³-hybridized carbons (Fsp3) is 0.684. The molecule has 0 fully saturated rings. The number of rotatable bonds is 11. The van der Waals surface area contributed by atoms with E-state index in [1.807, 2.05) is 11.4 Å². The standard InChI is InChI=1S/C19H31NO2S.ClH/c1-2-3-4-5-6-7-8-9-10-11-12-16-13-18(23-15-16)19(22)17(20)14-21;/h13,15,17,19,21-22H,2-10,14,20H2,1H3;1H/t17-,19?;/m1./s1. The summed E-state index contributed by atoms with van der Waals surface area (Å²) in [7, 11) is 0. The van der Waals surface area contributed by atoms with Gasteiger partial charge in [-0.1, -0.05) is 63.7 Å². The van der Waals surface area contributed by atoms with Crippen LogP contribution in [0.3, 0.4) is 0 Å². The minimum atomic E-state index is -0.812. The molecule has 0 spiro atoms. The first-order valence-corrected chi connectivity index (χ1v) is 9.68. The van der Waals surface area contributed by atoms with Crippen LogP contribution in [-0.4, -0.2) is 22.9 Å². The minimum absolute atomic E-state index is 0. The average Bonchev–Trinajstić information content (AvgIpc) is 3.04. The molecular formula is C19H32ClNO2S. The highest BCUT2D eigenvalue weighted by Crippen LogP contribution is 2.23. The highest BCUT2D eigenvalue weighted by molar-refractivity contribution is 7.10. The SMILES string of the molecule is CCCCCCCCCCC#Cc1csc(C(O)[C@H](N)CO)c1.Cl. The van der Waals surface area contributed by atoms with E-state index >= 15 is 0 Å². The number of hydrogen-bond donors (Lipinski definition) is 3. The number of unbranched alkanes of at least 4 members (excludes halogenated alkanes) is 8. The zero-order valence-corrected chi connectivity index (χ0v) is 16.3. The lowest BCUT2D eigenvalue weighted by Crippen LogP contribution is -2.31. The van der Waals surface area contributed by atoms with Crippen LogP contribution in [0.25, 0.3) is 0 Å². The molecule has 3 nitrogen and oxygen atoms in total. The van der Waals surface area contributed by atoms with Gasteiger partial charge in [-0.05, 0) is 12.5 Å². The summed E-state index contributed by atoms with van der Waals surface area (Å²) < 4.78 is 0. The van der Waals surface area contributed by atoms with Crippen LogP contribution in [0.2, 0.25) is 0 Å². The average molecular weight is 374 g/mol. The van der Waals surface area contributed by atoms with Crippen LogP contribution < -0.4 is 5.73 Å². The third kappa shape index (κ3) is 9.66. The van der Waals surface area contributed by atoms with Crippen molar-refractivity contribution in [1.29, 1.82) is 0 Å². The Morgan fingerprint density at radius 2 is 1.75 bits per heavy atom. The molecule has 24 heavy (non-hydrogen) atoms. The van der Waals surface area contributed by atoms with E-state index in [0.29, 0.717) is 0 Å². The van der Waals surface area contributed by atoms with Crippen LogP contribution in [0.5, 0.6) is 0 Å². The second kappa shape index (κ2) is 14.7. The molecule has 0 aromatic carbocycles. The summed E-state index contributed by atoms with van der Waals surface area (Å²) in [4.78, 5) is 0.767. The zero-order chi connectivity index (χ0) is 16.9. The Bertz CT molecular complexity index is 481. The highest BCUT2D eigenvalue weighted by Gasteiger charge is 2.17. The molecule has 4 N–H and O–H groups in total. The van der Waals surface area contributed by atoms with Crippen molar-refractivity contribution in [2.75, 3.05) is 6.61 Å². The van der Waals surface area contributed by atoms with Gasteiger partial charge >= 0.3 is 0 Å². The zero-order valence-electron chi connectivity index (χ0n) is 14.7. The molecule has 1 aromatic rings. The smallest absolute Gasteiger partial charge is 0.105 e. The number of halogens is 1. The van der Waals surface area contributed by atoms with Gasteiger partial charge in [0.25, 0.3) is 0 Å². The maximum Gasteiger partial charge on any atom is 0.105 e. The summed E-state index contributed by atoms with van der Waals surface area (Å²) >= 11 is 1.44. The second-order valence-corrected chi connectivity index (χ2v) is 7.00. The lowest BCUT2D eigenvalue weighted by atomic mass is 10.1. The number of aliphatic hydroxyl groups is 2. The van der Waals surface area contributed by atoms with Crippen molar-refractivity contribution < 1.29 is 10.2 Å². The quantitative estimate of drug-likeness (QED) is 0.397. The molecule has 2 atom stereocenters. The Balaban J connectivity index is 0.00000529. The van der Waals surface area contributed by atoms with E-state index < -0.39 is 12.1 Å². The fourth-order valence-electron chi connectivity index (χ4n) is 2.40. The molecule has 0 amide bonds. The van der Waals surface area contributed by atoms with Crippen molar-refractivity contribution in [3.63, 3.8) is 0 Å². The number of aliphatic hydroxyl groups excluding tert-OH is 2. The molecule has 0 bridgehead atoms. The van der Waals surface area contributed by atoms with Gasteiger partial charge in [0.1, 0.15) is 6.10 Å². The molecule has 1 unspecified atom stereocenters. The van der Waals surface area contributed by atoms with Gasteiger partial charge in [-0.25, -0.2) is 0 Å². The Hall–Kier alpha value is -0.570. The highest BCUT2D eigenvalue weighted by atomic mass is 35.5. The topological polar surface area (TPSA) is 66.5 Å². The largest absolute Gasteiger partial charge is 0.395 e. The van der Waals surface area contributed by atoms with E-state index in [-0.39, 0.29) is 19.0 Å². The van der Waals surface area contributed by atoms with Crippen LogP contribution in [0.4, 0.5) is 0 Å². The maximum absolute atomic E-state index is 9.93. The fourth-order valence-corrected chi connectivity index (χ4v) is 3.30. The Morgan fingerprint density at radius 1 is 1.12 bits per heavy atom. The van der Waals surface area contributed by atoms with Gasteiger partial charge in [0, 0.05) is 22.2 Å². The summed E-state index contributed by atoms with van der Waals surface area (Å²) in [5.41, 5.74) is 6.56. The lowest BCUT2D eigenvalue weighted by molar-refractivity contribution is 0.112. The maximum atomic E-state index is 9.93. The first kappa shape index (κ1) is 23.4. The molecule has 1 heterocycles. The number of nitrogens with two attached hydrogens (primary N) is 1. The first-order chi connectivity index (χ1) is 11.2. The summed E-state index contributed by atoms with van der Waals surface area (Å²) in [5.74, 6) is 6.34. The van der Waals surface area contributed by atoms with Crippen LogP contribution in [-0.2, 0) is 0 Å². The molecule has 0 saturated carbocycles. The summed E-state index contributed by atoms with van der Waals surface area (Å²) in [6.07, 6.45) is 10.6. The number of hydrogen-bond acceptors (Lipinski definition) is 4. The third-order valence-electron chi connectivity index (χ3n) is 3.92. The van der Waals surface area contributed by atoms with E-state index in [2.05, 4.69) is 18.8 Å². The molecule has 1 rings (SSSR count). The number of thiophene rings is 1. The first-order valence-electron chi connectivity index (χ1n) is 8.80. The molecule has 0 radical (unpaired) electrons. The van der Waals surface area contributed by atoms with Gasteiger partial charge in [-0.2, -0.15) is 0 Å². The summed E-state index contributed by atoms with van der Waals surface area (Å²) in [5, 5.41) is 20.8. The molecule has 0 aliphatic heterocycles. The molecule has 0 aliphatic rings. The van der Waals surface area contributed by atoms with Gasteiger partial charge in [-0.15, -0.1) is 23.7 Å². The van der Waals surface area contributed by atoms with Crippen LogP contribution in [0.15, 0.2) is 11.4 Å². The van der Waals surface area contributed by atoms with Gasteiger partial charge in [0.05, 0.1) is 12.6 Å². The van der Waals surface area contributed by atoms with Gasteiger partial charge in [0.15, 0.2) is 0 Å². The predicted octanol–water partition coefficient (Wildman–Crippen LogP) is 4.41. The second-order valence-electron chi connectivity index (χ2n) is 6.06. The monoisotopic (exact) mass is 373 g/mol.